The Bertz CT molecular complexity index is 791. The van der Waals surface area contributed by atoms with Gasteiger partial charge in [0.25, 0.3) is 5.91 Å². The van der Waals surface area contributed by atoms with Crippen LogP contribution >= 0.6 is 15.9 Å². The summed E-state index contributed by atoms with van der Waals surface area (Å²) < 4.78 is 0.924. The van der Waals surface area contributed by atoms with Gasteiger partial charge >= 0.3 is 0 Å². The number of anilines is 2. The predicted molar refractivity (Wildman–Crippen MR) is 101 cm³/mol. The average Bonchev–Trinajstić information content (AvgIpc) is 2.58. The van der Waals surface area contributed by atoms with Crippen LogP contribution in [0.15, 0.2) is 64.8 Å². The lowest BCUT2D eigenvalue weighted by molar-refractivity contribution is -0.112. The molecule has 0 saturated carbocycles. The normalized spacial score (nSPS) is 10.8. The molecule has 0 fully saturated rings. The van der Waals surface area contributed by atoms with Gasteiger partial charge in [-0.1, -0.05) is 28.1 Å². The lowest BCUT2D eigenvalue weighted by atomic mass is 10.2. The van der Waals surface area contributed by atoms with E-state index in [9.17, 15) is 10.1 Å². The first-order valence-corrected chi connectivity index (χ1v) is 8.35. The minimum absolute atomic E-state index is 0.0567. The number of nitriles is 1. The van der Waals surface area contributed by atoms with Gasteiger partial charge in [-0.25, -0.2) is 0 Å². The Morgan fingerprint density at radius 3 is 2.58 bits per heavy atom. The molecule has 1 amide bonds. The molecule has 0 aliphatic carbocycles. The molecule has 1 N–H and O–H groups in total. The highest BCUT2D eigenvalue weighted by atomic mass is 79.9. The maximum Gasteiger partial charge on any atom is 0.267 e. The number of carbonyl (C=O) groups is 1. The molecule has 24 heavy (non-hydrogen) atoms. The highest BCUT2D eigenvalue weighted by Crippen LogP contribution is 2.18. The van der Waals surface area contributed by atoms with Gasteiger partial charge in [0.05, 0.1) is 0 Å². The molecule has 2 aromatic carbocycles. The van der Waals surface area contributed by atoms with E-state index >= 15 is 0 Å². The van der Waals surface area contributed by atoms with Gasteiger partial charge in [0.1, 0.15) is 11.6 Å². The first kappa shape index (κ1) is 17.8. The zero-order chi connectivity index (χ0) is 17.5. The van der Waals surface area contributed by atoms with Gasteiger partial charge in [0.2, 0.25) is 0 Å². The molecule has 0 aromatic heterocycles. The van der Waals surface area contributed by atoms with E-state index in [2.05, 4.69) is 21.2 Å². The topological polar surface area (TPSA) is 56.1 Å². The predicted octanol–water partition coefficient (Wildman–Crippen LogP) is 4.63. The summed E-state index contributed by atoms with van der Waals surface area (Å²) in [4.78, 5) is 14.2. The summed E-state index contributed by atoms with van der Waals surface area (Å²) in [6.07, 6.45) is 1.59. The summed E-state index contributed by atoms with van der Waals surface area (Å²) in [7, 11) is 0. The fourth-order valence-electron chi connectivity index (χ4n) is 2.18. The van der Waals surface area contributed by atoms with Crippen molar-refractivity contribution in [3.63, 3.8) is 0 Å². The summed E-state index contributed by atoms with van der Waals surface area (Å²) in [5.41, 5.74) is 2.77. The Hall–Kier alpha value is -2.58. The number of benzene rings is 2. The molecule has 5 heteroatoms. The summed E-state index contributed by atoms with van der Waals surface area (Å²) in [5.74, 6) is -0.425. The Morgan fingerprint density at radius 2 is 2.00 bits per heavy atom. The van der Waals surface area contributed by atoms with Crippen LogP contribution in [-0.4, -0.2) is 12.5 Å². The van der Waals surface area contributed by atoms with Crippen molar-refractivity contribution < 1.29 is 4.79 Å². The van der Waals surface area contributed by atoms with Crippen LogP contribution in [0.25, 0.3) is 0 Å². The van der Waals surface area contributed by atoms with Gasteiger partial charge in [-0.05, 0) is 55.8 Å². The molecule has 0 spiro atoms. The maximum atomic E-state index is 12.3. The Labute approximate surface area is 150 Å². The standard InChI is InChI=1S/C19H18BrN3O/c1-3-23(18-6-4-5-14(2)11-18)13-15(12-21)19(24)22-17-9-7-16(20)8-10-17/h4-11,13H,3H2,1-2H3,(H,22,24)/b15-13-. The first-order chi connectivity index (χ1) is 11.5. The van der Waals surface area contributed by atoms with Crippen molar-refractivity contribution in [2.45, 2.75) is 13.8 Å². The monoisotopic (exact) mass is 383 g/mol. The molecule has 122 valence electrons. The number of aryl methyl sites for hydroxylation is 1. The first-order valence-electron chi connectivity index (χ1n) is 7.55. The fourth-order valence-corrected chi connectivity index (χ4v) is 2.45. The fraction of sp³-hybridized carbons (Fsp3) is 0.158. The third kappa shape index (κ3) is 4.71. The van der Waals surface area contributed by atoms with Crippen LogP contribution in [0.1, 0.15) is 12.5 Å². The van der Waals surface area contributed by atoms with Crippen LogP contribution in [0.5, 0.6) is 0 Å². The Morgan fingerprint density at radius 1 is 1.29 bits per heavy atom. The zero-order valence-corrected chi connectivity index (χ0v) is 15.2. The van der Waals surface area contributed by atoms with Crippen molar-refractivity contribution in [2.75, 3.05) is 16.8 Å². The minimum Gasteiger partial charge on any atom is -0.347 e. The van der Waals surface area contributed by atoms with E-state index in [1.165, 1.54) is 0 Å². The molecule has 0 bridgehead atoms. The zero-order valence-electron chi connectivity index (χ0n) is 13.6. The third-order valence-corrected chi connectivity index (χ3v) is 3.95. The number of nitrogens with one attached hydrogen (secondary N) is 1. The molecule has 2 rings (SSSR count). The van der Waals surface area contributed by atoms with E-state index in [0.29, 0.717) is 12.2 Å². The Kier molecular flexibility index (Phi) is 6.16. The quantitative estimate of drug-likeness (QED) is 0.604. The summed E-state index contributed by atoms with van der Waals surface area (Å²) in [6, 6.07) is 17.1. The third-order valence-electron chi connectivity index (χ3n) is 3.43. The number of hydrogen-bond donors (Lipinski definition) is 1. The SMILES string of the molecule is CCN(/C=C(/C#N)C(=O)Nc1ccc(Br)cc1)c1cccc(C)c1. The number of hydrogen-bond acceptors (Lipinski definition) is 3. The average molecular weight is 384 g/mol. The molecular formula is C19H18BrN3O. The van der Waals surface area contributed by atoms with Crippen LogP contribution < -0.4 is 10.2 Å². The van der Waals surface area contributed by atoms with Gasteiger partial charge in [-0.15, -0.1) is 0 Å². The van der Waals surface area contributed by atoms with Gasteiger partial charge in [-0.2, -0.15) is 5.26 Å². The van der Waals surface area contributed by atoms with Crippen LogP contribution in [0.3, 0.4) is 0 Å². The van der Waals surface area contributed by atoms with Crippen LogP contribution in [0, 0.1) is 18.3 Å². The molecule has 0 saturated heterocycles. The van der Waals surface area contributed by atoms with Crippen molar-refractivity contribution in [3.8, 4) is 6.07 Å². The van der Waals surface area contributed by atoms with Crippen LogP contribution in [0.4, 0.5) is 11.4 Å². The summed E-state index contributed by atoms with van der Waals surface area (Å²) >= 11 is 3.34. The van der Waals surface area contributed by atoms with Gasteiger partial charge < -0.3 is 10.2 Å². The largest absolute Gasteiger partial charge is 0.347 e. The van der Waals surface area contributed by atoms with Crippen molar-refractivity contribution in [3.05, 3.63) is 70.3 Å². The Balaban J connectivity index is 2.21. The van der Waals surface area contributed by atoms with Crippen LogP contribution in [0.2, 0.25) is 0 Å². The molecule has 0 aliphatic heterocycles. The van der Waals surface area contributed by atoms with Crippen molar-refractivity contribution in [2.24, 2.45) is 0 Å². The van der Waals surface area contributed by atoms with Crippen molar-refractivity contribution >= 4 is 33.2 Å². The van der Waals surface area contributed by atoms with Crippen molar-refractivity contribution in [1.29, 1.82) is 5.26 Å². The smallest absolute Gasteiger partial charge is 0.267 e. The van der Waals surface area contributed by atoms with Gasteiger partial charge in [0, 0.05) is 28.6 Å². The summed E-state index contributed by atoms with van der Waals surface area (Å²) in [5, 5.41) is 12.1. The molecule has 4 nitrogen and oxygen atoms in total. The lowest BCUT2D eigenvalue weighted by Gasteiger charge is -2.19. The van der Waals surface area contributed by atoms with E-state index in [1.54, 1.807) is 18.3 Å². The molecule has 2 aromatic rings. The number of halogens is 1. The molecule has 0 radical (unpaired) electrons. The second-order valence-corrected chi connectivity index (χ2v) is 6.16. The molecule has 0 heterocycles. The maximum absolute atomic E-state index is 12.3. The highest BCUT2D eigenvalue weighted by molar-refractivity contribution is 9.10. The van der Waals surface area contributed by atoms with E-state index in [4.69, 9.17) is 0 Å². The number of amides is 1. The number of rotatable bonds is 5. The highest BCUT2D eigenvalue weighted by Gasteiger charge is 2.12. The second kappa shape index (κ2) is 8.32. The lowest BCUT2D eigenvalue weighted by Crippen LogP contribution is -2.20. The molecule has 0 unspecified atom stereocenters. The van der Waals surface area contributed by atoms with E-state index < -0.39 is 5.91 Å². The van der Waals surface area contributed by atoms with Gasteiger partial charge in [0.15, 0.2) is 0 Å². The molecule has 0 aliphatic rings. The molecule has 0 atom stereocenters. The minimum atomic E-state index is -0.425. The van der Waals surface area contributed by atoms with E-state index in [-0.39, 0.29) is 5.57 Å². The summed E-state index contributed by atoms with van der Waals surface area (Å²) in [6.45, 7) is 4.63. The molecular weight excluding hydrogens is 366 g/mol. The number of carbonyl (C=O) groups excluding carboxylic acids is 1. The van der Waals surface area contributed by atoms with E-state index in [1.807, 2.05) is 61.2 Å². The number of nitrogens with zero attached hydrogens (tertiary/aromatic N) is 2. The van der Waals surface area contributed by atoms with Gasteiger partial charge in [-0.3, -0.25) is 4.79 Å². The van der Waals surface area contributed by atoms with Crippen LogP contribution in [-0.2, 0) is 4.79 Å². The second-order valence-electron chi connectivity index (χ2n) is 5.24. The van der Waals surface area contributed by atoms with Crippen molar-refractivity contribution in [1.82, 2.24) is 0 Å². The van der Waals surface area contributed by atoms with E-state index in [0.717, 1.165) is 15.7 Å².